The number of carbonyl (C=O) groups excluding carboxylic acids is 1. The highest BCUT2D eigenvalue weighted by Crippen LogP contribution is 2.41. The minimum Gasteiger partial charge on any atom is -0.457 e. The van der Waals surface area contributed by atoms with Crippen LogP contribution < -0.4 is 10.1 Å². The molecule has 0 saturated carbocycles. The van der Waals surface area contributed by atoms with Crippen LogP contribution in [-0.2, 0) is 6.54 Å². The van der Waals surface area contributed by atoms with Crippen LogP contribution in [0.5, 0.6) is 11.5 Å². The van der Waals surface area contributed by atoms with Gasteiger partial charge >= 0.3 is 11.5 Å². The van der Waals surface area contributed by atoms with Gasteiger partial charge < -0.3 is 15.0 Å². The average Bonchev–Trinajstić information content (AvgIpc) is 2.83. The van der Waals surface area contributed by atoms with E-state index in [1.807, 2.05) is 29.2 Å². The second kappa shape index (κ2) is 10.6. The molecule has 3 aromatic rings. The molecule has 0 bridgehead atoms. The molecule has 1 N–H and O–H groups in total. The first-order valence-corrected chi connectivity index (χ1v) is 12.9. The van der Waals surface area contributed by atoms with Crippen LogP contribution >= 0.6 is 11.8 Å². The number of benzene rings is 2. The van der Waals surface area contributed by atoms with Crippen LogP contribution in [0.25, 0.3) is 0 Å². The summed E-state index contributed by atoms with van der Waals surface area (Å²) in [4.78, 5) is 20.8. The fourth-order valence-corrected chi connectivity index (χ4v) is 5.47. The van der Waals surface area contributed by atoms with Crippen molar-refractivity contribution in [3.8, 4) is 11.5 Å². The van der Waals surface area contributed by atoms with E-state index in [1.54, 1.807) is 36.7 Å². The number of urea groups is 1. The molecular weight excluding hydrogens is 501 g/mol. The third kappa shape index (κ3) is 6.75. The van der Waals surface area contributed by atoms with E-state index in [9.17, 15) is 18.0 Å². The predicted octanol–water partition coefficient (Wildman–Crippen LogP) is 6.62. The van der Waals surface area contributed by atoms with E-state index in [1.165, 1.54) is 12.1 Å². The minimum absolute atomic E-state index is 0.0830. The molecule has 0 atom stereocenters. The number of alkyl halides is 3. The van der Waals surface area contributed by atoms with Gasteiger partial charge in [0.2, 0.25) is 0 Å². The number of pyridine rings is 1. The summed E-state index contributed by atoms with van der Waals surface area (Å²) in [6.45, 7) is 4.19. The summed E-state index contributed by atoms with van der Waals surface area (Å²) in [5.41, 5.74) is -2.37. The van der Waals surface area contributed by atoms with Crippen molar-refractivity contribution in [3.63, 3.8) is 0 Å². The normalized spacial score (nSPS) is 17.3. The number of hydrogen-bond acceptors (Lipinski definition) is 5. The highest BCUT2D eigenvalue weighted by Gasteiger charge is 2.46. The molecule has 3 heterocycles. The summed E-state index contributed by atoms with van der Waals surface area (Å²) in [7, 11) is 0. The van der Waals surface area contributed by atoms with Gasteiger partial charge in [-0.1, -0.05) is 18.2 Å². The van der Waals surface area contributed by atoms with Gasteiger partial charge in [-0.05, 0) is 85.7 Å². The summed E-state index contributed by atoms with van der Waals surface area (Å²) in [5.74, 6) is 0.961. The molecule has 0 radical (unpaired) electrons. The van der Waals surface area contributed by atoms with E-state index >= 15 is 0 Å². The third-order valence-electron chi connectivity index (χ3n) is 6.75. The van der Waals surface area contributed by atoms with Crippen molar-refractivity contribution in [1.82, 2.24) is 14.8 Å². The Bertz CT molecular complexity index is 1230. The van der Waals surface area contributed by atoms with Crippen molar-refractivity contribution in [2.24, 2.45) is 5.41 Å². The fraction of sp³-hybridized carbons (Fsp3) is 0.333. The van der Waals surface area contributed by atoms with E-state index < -0.39 is 5.51 Å². The molecule has 6 nitrogen and oxygen atoms in total. The molecule has 2 amide bonds. The summed E-state index contributed by atoms with van der Waals surface area (Å²) >= 11 is -0.154. The quantitative estimate of drug-likeness (QED) is 0.365. The van der Waals surface area contributed by atoms with Crippen molar-refractivity contribution in [2.45, 2.75) is 29.8 Å². The van der Waals surface area contributed by atoms with E-state index in [0.29, 0.717) is 17.2 Å². The van der Waals surface area contributed by atoms with Crippen LogP contribution in [0.4, 0.5) is 23.7 Å². The molecule has 2 aromatic carbocycles. The molecule has 0 unspecified atom stereocenters. The van der Waals surface area contributed by atoms with Crippen molar-refractivity contribution in [1.29, 1.82) is 0 Å². The number of nitrogens with one attached hydrogen (secondary N) is 1. The third-order valence-corrected chi connectivity index (χ3v) is 7.47. The van der Waals surface area contributed by atoms with Crippen LogP contribution in [0.1, 0.15) is 18.4 Å². The van der Waals surface area contributed by atoms with Crippen molar-refractivity contribution >= 4 is 23.5 Å². The number of rotatable bonds is 6. The van der Waals surface area contributed by atoms with Gasteiger partial charge in [0, 0.05) is 36.1 Å². The smallest absolute Gasteiger partial charge is 0.446 e. The highest BCUT2D eigenvalue weighted by molar-refractivity contribution is 8.00. The number of aromatic nitrogens is 1. The maximum atomic E-state index is 12.7. The Kier molecular flexibility index (Phi) is 7.30. The first kappa shape index (κ1) is 25.4. The maximum Gasteiger partial charge on any atom is 0.446 e. The zero-order valence-electron chi connectivity index (χ0n) is 20.1. The second-order valence-electron chi connectivity index (χ2n) is 9.58. The molecule has 2 aliphatic rings. The lowest BCUT2D eigenvalue weighted by Gasteiger charge is -2.53. The number of likely N-dealkylation sites (tertiary alicyclic amines) is 2. The Morgan fingerprint density at radius 2 is 1.76 bits per heavy atom. The van der Waals surface area contributed by atoms with E-state index in [-0.39, 0.29) is 28.1 Å². The number of halogens is 3. The molecule has 2 saturated heterocycles. The topological polar surface area (TPSA) is 57.7 Å². The highest BCUT2D eigenvalue weighted by atomic mass is 32.2. The minimum atomic E-state index is -4.34. The van der Waals surface area contributed by atoms with E-state index in [2.05, 4.69) is 15.2 Å². The molecule has 5 rings (SSSR count). The lowest BCUT2D eigenvalue weighted by molar-refractivity contribution is -0.0328. The number of piperidine rings is 1. The molecule has 0 aliphatic carbocycles. The Balaban J connectivity index is 1.10. The van der Waals surface area contributed by atoms with Gasteiger partial charge in [0.25, 0.3) is 0 Å². The van der Waals surface area contributed by atoms with Gasteiger partial charge in [0.05, 0.1) is 11.9 Å². The molecule has 10 heteroatoms. The molecule has 2 aliphatic heterocycles. The van der Waals surface area contributed by atoms with Gasteiger partial charge in [0.1, 0.15) is 11.5 Å². The van der Waals surface area contributed by atoms with Crippen molar-refractivity contribution < 1.29 is 22.7 Å². The van der Waals surface area contributed by atoms with Crippen LogP contribution in [0.2, 0.25) is 0 Å². The number of nitrogens with zero attached hydrogens (tertiary/aromatic N) is 3. The molecule has 37 heavy (non-hydrogen) atoms. The number of anilines is 1. The van der Waals surface area contributed by atoms with Gasteiger partial charge in [0.15, 0.2) is 0 Å². The first-order valence-electron chi connectivity index (χ1n) is 12.1. The van der Waals surface area contributed by atoms with E-state index in [0.717, 1.165) is 51.1 Å². The lowest BCUT2D eigenvalue weighted by Crippen LogP contribution is -2.62. The van der Waals surface area contributed by atoms with E-state index in [4.69, 9.17) is 4.74 Å². The van der Waals surface area contributed by atoms with Crippen molar-refractivity contribution in [3.05, 3.63) is 78.6 Å². The largest absolute Gasteiger partial charge is 0.457 e. The second-order valence-corrected chi connectivity index (χ2v) is 10.7. The first-order chi connectivity index (χ1) is 17.8. The Morgan fingerprint density at radius 3 is 2.46 bits per heavy atom. The van der Waals surface area contributed by atoms with Crippen LogP contribution in [0, 0.1) is 5.41 Å². The van der Waals surface area contributed by atoms with Crippen molar-refractivity contribution in [2.75, 3.05) is 31.5 Å². The summed E-state index contributed by atoms with van der Waals surface area (Å²) in [6.07, 6.45) is 5.37. The molecular formula is C27H27F3N4O2S. The number of amides is 2. The molecule has 1 spiro atoms. The summed E-state index contributed by atoms with van der Waals surface area (Å²) in [5, 5.41) is 2.89. The number of ether oxygens (including phenoxy) is 1. The van der Waals surface area contributed by atoms with Crippen LogP contribution in [-0.4, -0.2) is 52.5 Å². The standard InChI is InChI=1S/C27H27F3N4O2S/c28-27(29,30)37-24-8-2-7-23(15-24)36-22-6-1-4-20(14-22)17-33-12-9-26(10-13-33)18-34(19-26)25(35)32-21-5-3-11-31-16-21/h1-8,11,14-16H,9-10,12-13,17-19H2,(H,32,35). The monoisotopic (exact) mass is 528 g/mol. The molecule has 194 valence electrons. The van der Waals surface area contributed by atoms with Gasteiger partial charge in [-0.2, -0.15) is 13.2 Å². The summed E-state index contributed by atoms with van der Waals surface area (Å²) in [6, 6.07) is 17.2. The van der Waals surface area contributed by atoms with Gasteiger partial charge in [-0.3, -0.25) is 9.88 Å². The summed E-state index contributed by atoms with van der Waals surface area (Å²) < 4.78 is 43.9. The van der Waals surface area contributed by atoms with Gasteiger partial charge in [-0.15, -0.1) is 0 Å². The zero-order valence-corrected chi connectivity index (χ0v) is 20.9. The Morgan fingerprint density at radius 1 is 1.03 bits per heavy atom. The lowest BCUT2D eigenvalue weighted by atomic mass is 9.72. The average molecular weight is 529 g/mol. The molecule has 1 aromatic heterocycles. The number of thioether (sulfide) groups is 1. The van der Waals surface area contributed by atoms with Gasteiger partial charge in [-0.25, -0.2) is 4.79 Å². The maximum absolute atomic E-state index is 12.7. The Labute approximate surface area is 217 Å². The number of carbonyl (C=O) groups is 1. The predicted molar refractivity (Wildman–Crippen MR) is 137 cm³/mol. The zero-order chi connectivity index (χ0) is 25.9. The molecule has 2 fully saturated rings. The SMILES string of the molecule is O=C(Nc1cccnc1)N1CC2(CCN(Cc3cccc(Oc4cccc(SC(F)(F)F)c4)c3)CC2)C1. The van der Waals surface area contributed by atoms with Crippen LogP contribution in [0.15, 0.2) is 78.0 Å². The number of hydrogen-bond donors (Lipinski definition) is 1. The fourth-order valence-electron chi connectivity index (χ4n) is 4.88. The van der Waals surface area contributed by atoms with Crippen LogP contribution in [0.3, 0.4) is 0 Å². The Hall–Kier alpha value is -3.24.